The van der Waals surface area contributed by atoms with E-state index in [1.54, 1.807) is 18.2 Å². The molecule has 2 unspecified atom stereocenters. The second-order valence-corrected chi connectivity index (χ2v) is 8.41. The summed E-state index contributed by atoms with van der Waals surface area (Å²) in [5, 5.41) is 0. The minimum atomic E-state index is -0.178. The molecule has 2 aliphatic heterocycles. The van der Waals surface area contributed by atoms with Gasteiger partial charge in [-0.2, -0.15) is 0 Å². The molecule has 1 amide bonds. The lowest BCUT2D eigenvalue weighted by atomic mass is 10.0. The van der Waals surface area contributed by atoms with E-state index >= 15 is 0 Å². The molecule has 0 aromatic heterocycles. The first-order chi connectivity index (χ1) is 14.0. The molecule has 0 saturated carbocycles. The number of likely N-dealkylation sites (tertiary alicyclic amines) is 1. The van der Waals surface area contributed by atoms with Crippen molar-refractivity contribution >= 4 is 22.0 Å². The second kappa shape index (κ2) is 10.7. The monoisotopic (exact) mass is 462 g/mol. The topological polar surface area (TPSA) is 32.8 Å². The minimum Gasteiger partial charge on any atom is -0.446 e. The van der Waals surface area contributed by atoms with E-state index in [-0.39, 0.29) is 24.1 Å². The minimum absolute atomic E-state index is 0.0527. The first-order valence-corrected chi connectivity index (χ1v) is 11.0. The van der Waals surface area contributed by atoms with Gasteiger partial charge in [-0.3, -0.25) is 0 Å². The van der Waals surface area contributed by atoms with Crippen molar-refractivity contribution in [2.45, 2.75) is 38.3 Å². The number of hydrogen-bond donors (Lipinski definition) is 0. The average Bonchev–Trinajstić information content (AvgIpc) is 2.68. The van der Waals surface area contributed by atoms with Crippen molar-refractivity contribution in [2.75, 3.05) is 26.2 Å². The van der Waals surface area contributed by atoms with Gasteiger partial charge < -0.3 is 14.5 Å². The lowest BCUT2D eigenvalue weighted by molar-refractivity contribution is 0.00364. The van der Waals surface area contributed by atoms with Gasteiger partial charge in [0.05, 0.1) is 6.04 Å². The molecule has 0 bridgehead atoms. The van der Waals surface area contributed by atoms with Crippen molar-refractivity contribution in [1.82, 2.24) is 9.80 Å². The first-order valence-electron chi connectivity index (χ1n) is 10.2. The van der Waals surface area contributed by atoms with Crippen LogP contribution in [0.3, 0.4) is 0 Å². The molecule has 2 aliphatic rings. The third kappa shape index (κ3) is 6.54. The zero-order valence-electron chi connectivity index (χ0n) is 16.8. The molecule has 2 aromatic carbocycles. The fraction of sp³-hybridized carbons (Fsp3) is 0.435. The van der Waals surface area contributed by atoms with E-state index in [2.05, 4.69) is 39.9 Å². The van der Waals surface area contributed by atoms with Crippen LogP contribution in [0.4, 0.5) is 9.18 Å². The van der Waals surface area contributed by atoms with E-state index in [1.807, 2.05) is 17.0 Å². The molecule has 6 heteroatoms. The van der Waals surface area contributed by atoms with E-state index in [0.29, 0.717) is 0 Å². The van der Waals surface area contributed by atoms with E-state index < -0.39 is 0 Å². The Morgan fingerprint density at radius 1 is 1.10 bits per heavy atom. The zero-order valence-corrected chi connectivity index (χ0v) is 18.4. The van der Waals surface area contributed by atoms with Gasteiger partial charge in [0.1, 0.15) is 11.9 Å². The third-order valence-electron chi connectivity index (χ3n) is 5.46. The van der Waals surface area contributed by atoms with E-state index in [0.717, 1.165) is 36.0 Å². The SMILES string of the molecule is CC(c1ccc(Br)cc1)N1CCC(CCN2CCC2)OC1=O.Fc1ccccc1. The summed E-state index contributed by atoms with van der Waals surface area (Å²) in [5.74, 6) is -0.178. The van der Waals surface area contributed by atoms with Crippen molar-refractivity contribution in [3.05, 3.63) is 70.5 Å². The average molecular weight is 463 g/mol. The van der Waals surface area contributed by atoms with E-state index in [9.17, 15) is 9.18 Å². The second-order valence-electron chi connectivity index (χ2n) is 7.49. The Kier molecular flexibility index (Phi) is 8.07. The number of rotatable bonds is 5. The van der Waals surface area contributed by atoms with Crippen LogP contribution in [-0.2, 0) is 4.74 Å². The quantitative estimate of drug-likeness (QED) is 0.575. The molecular weight excluding hydrogens is 435 g/mol. The Balaban J connectivity index is 0.000000290. The number of carbonyl (C=O) groups is 1. The van der Waals surface area contributed by atoms with Crippen molar-refractivity contribution in [3.63, 3.8) is 0 Å². The molecule has 0 aliphatic carbocycles. The van der Waals surface area contributed by atoms with Crippen LogP contribution in [0.15, 0.2) is 59.1 Å². The lowest BCUT2D eigenvalue weighted by Gasteiger charge is -2.37. The van der Waals surface area contributed by atoms with Gasteiger partial charge in [0.2, 0.25) is 0 Å². The van der Waals surface area contributed by atoms with Crippen LogP contribution in [0.25, 0.3) is 0 Å². The number of carbonyl (C=O) groups excluding carboxylic acids is 1. The number of halogens is 2. The molecule has 4 rings (SSSR count). The van der Waals surface area contributed by atoms with Crippen molar-refractivity contribution in [3.8, 4) is 0 Å². The van der Waals surface area contributed by atoms with Crippen LogP contribution in [0.5, 0.6) is 0 Å². The van der Waals surface area contributed by atoms with Gasteiger partial charge in [-0.1, -0.05) is 46.3 Å². The molecular formula is C23H28BrFN2O2. The molecule has 29 heavy (non-hydrogen) atoms. The Labute approximate surface area is 180 Å². The number of nitrogens with zero attached hydrogens (tertiary/aromatic N) is 2. The first kappa shape index (κ1) is 21.8. The van der Waals surface area contributed by atoms with Crippen LogP contribution in [0.2, 0.25) is 0 Å². The van der Waals surface area contributed by atoms with Crippen LogP contribution in [0, 0.1) is 5.82 Å². The summed E-state index contributed by atoms with van der Waals surface area (Å²) >= 11 is 3.44. The molecule has 2 aromatic rings. The standard InChI is InChI=1S/C17H23BrN2O2.C6H5F/c1-13(14-3-5-15(18)6-4-14)20-12-8-16(22-17(20)21)7-11-19-9-2-10-19;7-6-4-2-1-3-5-6/h3-6,13,16H,2,7-12H2,1H3;1-5H. The number of hydrogen-bond acceptors (Lipinski definition) is 3. The molecule has 2 fully saturated rings. The van der Waals surface area contributed by atoms with E-state index in [4.69, 9.17) is 4.74 Å². The smallest absolute Gasteiger partial charge is 0.410 e. The van der Waals surface area contributed by atoms with Crippen LogP contribution < -0.4 is 0 Å². The Morgan fingerprint density at radius 2 is 1.79 bits per heavy atom. The molecule has 2 heterocycles. The zero-order chi connectivity index (χ0) is 20.6. The Bertz CT molecular complexity index is 768. The maximum absolute atomic E-state index is 12.3. The van der Waals surface area contributed by atoms with Crippen LogP contribution in [-0.4, -0.2) is 48.2 Å². The van der Waals surface area contributed by atoms with Crippen molar-refractivity contribution < 1.29 is 13.9 Å². The Hall–Kier alpha value is -1.92. The summed E-state index contributed by atoms with van der Waals surface area (Å²) in [7, 11) is 0. The molecule has 0 radical (unpaired) electrons. The number of amides is 1. The summed E-state index contributed by atoms with van der Waals surface area (Å²) in [6, 6.07) is 16.1. The summed E-state index contributed by atoms with van der Waals surface area (Å²) < 4.78 is 18.6. The fourth-order valence-electron chi connectivity index (χ4n) is 3.47. The van der Waals surface area contributed by atoms with Crippen molar-refractivity contribution in [2.24, 2.45) is 0 Å². The van der Waals surface area contributed by atoms with Gasteiger partial charge in [0.15, 0.2) is 0 Å². The molecule has 0 spiro atoms. The van der Waals surface area contributed by atoms with Gasteiger partial charge >= 0.3 is 6.09 Å². The van der Waals surface area contributed by atoms with Crippen LogP contribution >= 0.6 is 15.9 Å². The molecule has 156 valence electrons. The van der Waals surface area contributed by atoms with Gasteiger partial charge in [-0.25, -0.2) is 9.18 Å². The fourth-order valence-corrected chi connectivity index (χ4v) is 3.73. The maximum atomic E-state index is 12.3. The maximum Gasteiger partial charge on any atom is 0.410 e. The van der Waals surface area contributed by atoms with Crippen molar-refractivity contribution in [1.29, 1.82) is 0 Å². The third-order valence-corrected chi connectivity index (χ3v) is 5.99. The molecule has 2 saturated heterocycles. The molecule has 0 N–H and O–H groups in total. The number of ether oxygens (including phenoxy) is 1. The van der Waals surface area contributed by atoms with E-state index in [1.165, 1.54) is 31.6 Å². The highest BCUT2D eigenvalue weighted by Crippen LogP contribution is 2.27. The van der Waals surface area contributed by atoms with Gasteiger partial charge in [0.25, 0.3) is 0 Å². The highest BCUT2D eigenvalue weighted by atomic mass is 79.9. The highest BCUT2D eigenvalue weighted by molar-refractivity contribution is 9.10. The van der Waals surface area contributed by atoms with Gasteiger partial charge in [0, 0.05) is 24.0 Å². The Morgan fingerprint density at radius 3 is 2.31 bits per heavy atom. The largest absolute Gasteiger partial charge is 0.446 e. The predicted molar refractivity (Wildman–Crippen MR) is 116 cm³/mol. The number of benzene rings is 2. The summed E-state index contributed by atoms with van der Waals surface area (Å²) in [6.07, 6.45) is 3.12. The summed E-state index contributed by atoms with van der Waals surface area (Å²) in [4.78, 5) is 16.6. The number of cyclic esters (lactones) is 1. The highest BCUT2D eigenvalue weighted by Gasteiger charge is 2.31. The predicted octanol–water partition coefficient (Wildman–Crippen LogP) is 5.64. The summed E-state index contributed by atoms with van der Waals surface area (Å²) in [6.45, 7) is 6.30. The lowest BCUT2D eigenvalue weighted by Crippen LogP contribution is -2.45. The van der Waals surface area contributed by atoms with Gasteiger partial charge in [-0.15, -0.1) is 0 Å². The summed E-state index contributed by atoms with van der Waals surface area (Å²) in [5.41, 5.74) is 1.14. The molecule has 2 atom stereocenters. The normalized spacial score (nSPS) is 20.2. The van der Waals surface area contributed by atoms with Gasteiger partial charge in [-0.05, 0) is 62.7 Å². The van der Waals surface area contributed by atoms with Crippen LogP contribution in [0.1, 0.15) is 37.8 Å². The molecule has 4 nitrogen and oxygen atoms in total.